The van der Waals surface area contributed by atoms with E-state index >= 15 is 0 Å². The van der Waals surface area contributed by atoms with Gasteiger partial charge >= 0.3 is 0 Å². The van der Waals surface area contributed by atoms with Crippen LogP contribution in [0, 0.1) is 5.92 Å². The highest BCUT2D eigenvalue weighted by molar-refractivity contribution is 4.38. The van der Waals surface area contributed by atoms with Gasteiger partial charge in [-0.05, 0) is 18.8 Å². The van der Waals surface area contributed by atoms with E-state index in [1.54, 1.807) is 0 Å². The van der Waals surface area contributed by atoms with Crippen molar-refractivity contribution in [2.45, 2.75) is 52.9 Å². The first-order valence-electron chi connectivity index (χ1n) is 5.40. The molecule has 2 heteroatoms. The Morgan fingerprint density at radius 3 is 1.77 bits per heavy atom. The van der Waals surface area contributed by atoms with E-state index in [9.17, 15) is 0 Å². The third-order valence-corrected chi connectivity index (χ3v) is 1.72. The van der Waals surface area contributed by atoms with E-state index in [-0.39, 0.29) is 0 Å². The minimum Gasteiger partial charge on any atom is -0.396 e. The van der Waals surface area contributed by atoms with Gasteiger partial charge < -0.3 is 10.2 Å². The summed E-state index contributed by atoms with van der Waals surface area (Å²) in [5.41, 5.74) is 0. The third kappa shape index (κ3) is 24.5. The van der Waals surface area contributed by atoms with Crippen LogP contribution in [-0.2, 0) is 0 Å². The second-order valence-corrected chi connectivity index (χ2v) is 3.69. The topological polar surface area (TPSA) is 40.5 Å². The minimum absolute atomic E-state index is 0.331. The lowest BCUT2D eigenvalue weighted by Crippen LogP contribution is -1.89. The molecule has 0 aromatic heterocycles. The fourth-order valence-corrected chi connectivity index (χ4v) is 0.797. The molecule has 82 valence electrons. The van der Waals surface area contributed by atoms with Gasteiger partial charge in [0, 0.05) is 13.2 Å². The molecule has 0 spiro atoms. The summed E-state index contributed by atoms with van der Waals surface area (Å²) in [6.07, 6.45) is 5.61. The Morgan fingerprint density at radius 1 is 0.923 bits per heavy atom. The minimum atomic E-state index is 0.331. The van der Waals surface area contributed by atoms with Crippen molar-refractivity contribution in [3.8, 4) is 0 Å². The van der Waals surface area contributed by atoms with E-state index in [1.165, 1.54) is 19.3 Å². The lowest BCUT2D eigenvalue weighted by molar-refractivity contribution is 0.268. The van der Waals surface area contributed by atoms with Crippen molar-refractivity contribution in [3.63, 3.8) is 0 Å². The molecule has 0 aliphatic carbocycles. The Kier molecular flexibility index (Phi) is 17.1. The molecule has 0 heterocycles. The Hall–Kier alpha value is -0.0800. The predicted octanol–water partition coefficient (Wildman–Crippen LogP) is 2.58. The molecule has 0 atom stereocenters. The van der Waals surface area contributed by atoms with Crippen LogP contribution in [0.2, 0.25) is 0 Å². The predicted molar refractivity (Wildman–Crippen MR) is 57.8 cm³/mol. The molecule has 0 bridgehead atoms. The Morgan fingerprint density at radius 2 is 1.54 bits per heavy atom. The van der Waals surface area contributed by atoms with E-state index in [2.05, 4.69) is 20.8 Å². The van der Waals surface area contributed by atoms with Crippen molar-refractivity contribution in [1.29, 1.82) is 0 Å². The lowest BCUT2D eigenvalue weighted by atomic mass is 10.2. The van der Waals surface area contributed by atoms with Gasteiger partial charge in [-0.25, -0.2) is 0 Å². The van der Waals surface area contributed by atoms with Gasteiger partial charge in [-0.15, -0.1) is 0 Å². The molecular weight excluding hydrogens is 164 g/mol. The summed E-state index contributed by atoms with van der Waals surface area (Å²) in [7, 11) is 0. The van der Waals surface area contributed by atoms with Gasteiger partial charge in [0.25, 0.3) is 0 Å². The summed E-state index contributed by atoms with van der Waals surface area (Å²) >= 11 is 0. The number of aliphatic hydroxyl groups excluding tert-OH is 2. The highest BCUT2D eigenvalue weighted by Crippen LogP contribution is 1.96. The van der Waals surface area contributed by atoms with Gasteiger partial charge in [0.1, 0.15) is 0 Å². The van der Waals surface area contributed by atoms with Crippen molar-refractivity contribution < 1.29 is 10.2 Å². The number of unbranched alkanes of at least 4 members (excludes halogenated alkanes) is 3. The molecule has 0 saturated carbocycles. The summed E-state index contributed by atoms with van der Waals surface area (Å²) in [6.45, 7) is 7.04. The van der Waals surface area contributed by atoms with Crippen molar-refractivity contribution >= 4 is 0 Å². The number of rotatable bonds is 6. The highest BCUT2D eigenvalue weighted by atomic mass is 16.3. The molecule has 0 unspecified atom stereocenters. The van der Waals surface area contributed by atoms with Crippen LogP contribution in [0.4, 0.5) is 0 Å². The lowest BCUT2D eigenvalue weighted by Gasteiger charge is -1.95. The van der Waals surface area contributed by atoms with E-state index < -0.39 is 0 Å². The van der Waals surface area contributed by atoms with E-state index in [0.29, 0.717) is 19.1 Å². The summed E-state index contributed by atoms with van der Waals surface area (Å²) in [5, 5.41) is 16.5. The molecule has 13 heavy (non-hydrogen) atoms. The quantitative estimate of drug-likeness (QED) is 0.632. The smallest absolute Gasteiger partial charge is 0.0433 e. The Bertz CT molecular complexity index is 68.5. The SMILES string of the molecule is CC(C)CCO.CCCCCCO. The summed E-state index contributed by atoms with van der Waals surface area (Å²) in [4.78, 5) is 0. The van der Waals surface area contributed by atoms with Gasteiger partial charge in [-0.3, -0.25) is 0 Å². The molecule has 0 fully saturated rings. The molecule has 0 saturated heterocycles. The van der Waals surface area contributed by atoms with Crippen LogP contribution >= 0.6 is 0 Å². The average molecular weight is 190 g/mol. The van der Waals surface area contributed by atoms with E-state index in [4.69, 9.17) is 10.2 Å². The maximum atomic E-state index is 8.29. The molecule has 0 radical (unpaired) electrons. The summed E-state index contributed by atoms with van der Waals surface area (Å²) in [6, 6.07) is 0. The molecule has 0 aromatic rings. The fourth-order valence-electron chi connectivity index (χ4n) is 0.797. The van der Waals surface area contributed by atoms with Gasteiger partial charge in [-0.2, -0.15) is 0 Å². The maximum Gasteiger partial charge on any atom is 0.0433 e. The zero-order valence-corrected chi connectivity index (χ0v) is 9.42. The van der Waals surface area contributed by atoms with E-state index in [1.807, 2.05) is 0 Å². The molecule has 0 aliphatic heterocycles. The summed E-state index contributed by atoms with van der Waals surface area (Å²) in [5.74, 6) is 0.648. The first-order chi connectivity index (χ1) is 6.18. The molecule has 2 nitrogen and oxygen atoms in total. The van der Waals surface area contributed by atoms with Crippen molar-refractivity contribution in [2.24, 2.45) is 5.92 Å². The van der Waals surface area contributed by atoms with Crippen molar-refractivity contribution in [2.75, 3.05) is 13.2 Å². The Labute approximate surface area is 83.0 Å². The molecule has 2 N–H and O–H groups in total. The van der Waals surface area contributed by atoms with Crippen molar-refractivity contribution in [1.82, 2.24) is 0 Å². The monoisotopic (exact) mass is 190 g/mol. The fraction of sp³-hybridized carbons (Fsp3) is 1.00. The van der Waals surface area contributed by atoms with Crippen LogP contribution in [0.15, 0.2) is 0 Å². The second-order valence-electron chi connectivity index (χ2n) is 3.69. The van der Waals surface area contributed by atoms with Crippen LogP contribution < -0.4 is 0 Å². The van der Waals surface area contributed by atoms with Crippen LogP contribution in [0.1, 0.15) is 52.9 Å². The van der Waals surface area contributed by atoms with Crippen LogP contribution in [0.25, 0.3) is 0 Å². The van der Waals surface area contributed by atoms with Crippen LogP contribution in [0.3, 0.4) is 0 Å². The average Bonchev–Trinajstić information content (AvgIpc) is 2.06. The van der Waals surface area contributed by atoms with Gasteiger partial charge in [-0.1, -0.05) is 40.0 Å². The number of hydrogen-bond acceptors (Lipinski definition) is 2. The van der Waals surface area contributed by atoms with Gasteiger partial charge in [0.05, 0.1) is 0 Å². The van der Waals surface area contributed by atoms with Gasteiger partial charge in [0.2, 0.25) is 0 Å². The Balaban J connectivity index is 0. The molecular formula is C11H26O2. The zero-order chi connectivity index (χ0) is 10.5. The number of hydrogen-bond donors (Lipinski definition) is 2. The highest BCUT2D eigenvalue weighted by Gasteiger charge is 1.86. The molecule has 0 aromatic carbocycles. The molecule has 0 rings (SSSR count). The maximum absolute atomic E-state index is 8.29. The molecule has 0 aliphatic rings. The standard InChI is InChI=1S/C6H14O.C5H12O/c1-2-3-4-5-6-7;1-5(2)3-4-6/h7H,2-6H2,1H3;5-6H,3-4H2,1-2H3. The largest absolute Gasteiger partial charge is 0.396 e. The molecule has 0 amide bonds. The zero-order valence-electron chi connectivity index (χ0n) is 9.42. The van der Waals surface area contributed by atoms with Crippen LogP contribution in [-0.4, -0.2) is 23.4 Å². The summed E-state index contributed by atoms with van der Waals surface area (Å²) < 4.78 is 0. The normalized spacial score (nSPS) is 9.69. The number of aliphatic hydroxyl groups is 2. The second kappa shape index (κ2) is 14.4. The first-order valence-corrected chi connectivity index (χ1v) is 5.40. The van der Waals surface area contributed by atoms with Gasteiger partial charge in [0.15, 0.2) is 0 Å². The first kappa shape index (κ1) is 15.4. The van der Waals surface area contributed by atoms with E-state index in [0.717, 1.165) is 12.8 Å². The van der Waals surface area contributed by atoms with Crippen molar-refractivity contribution in [3.05, 3.63) is 0 Å². The van der Waals surface area contributed by atoms with Crippen LogP contribution in [0.5, 0.6) is 0 Å². The third-order valence-electron chi connectivity index (χ3n) is 1.72.